The summed E-state index contributed by atoms with van der Waals surface area (Å²) in [5, 5.41) is 3.73. The molecule has 0 aliphatic carbocycles. The Kier molecular flexibility index (Phi) is 6.68. The maximum atomic E-state index is 5.29. The van der Waals surface area contributed by atoms with E-state index in [9.17, 15) is 0 Å². The third-order valence-corrected chi connectivity index (χ3v) is 4.41. The first-order valence-corrected chi connectivity index (χ1v) is 8.23. The summed E-state index contributed by atoms with van der Waals surface area (Å²) < 4.78 is 5.29. The van der Waals surface area contributed by atoms with E-state index in [0.29, 0.717) is 18.0 Å². The Morgan fingerprint density at radius 2 is 2.10 bits per heavy atom. The van der Waals surface area contributed by atoms with Crippen LogP contribution in [0.1, 0.15) is 25.8 Å². The molecule has 0 amide bonds. The largest absolute Gasteiger partial charge is 0.384 e. The topological polar surface area (TPSA) is 24.5 Å². The van der Waals surface area contributed by atoms with Crippen LogP contribution in [0.5, 0.6) is 0 Å². The molecule has 0 aromatic heterocycles. The van der Waals surface area contributed by atoms with E-state index >= 15 is 0 Å². The van der Waals surface area contributed by atoms with Crippen LogP contribution in [0.25, 0.3) is 0 Å². The molecule has 0 spiro atoms. The number of benzene rings is 1. The molecule has 1 aliphatic rings. The van der Waals surface area contributed by atoms with E-state index in [2.05, 4.69) is 54.4 Å². The first-order valence-electron chi connectivity index (χ1n) is 8.23. The molecule has 1 aliphatic heterocycles. The highest BCUT2D eigenvalue weighted by atomic mass is 16.5. The molecule has 3 unspecified atom stereocenters. The highest BCUT2D eigenvalue weighted by Gasteiger charge is 2.27. The van der Waals surface area contributed by atoms with Crippen LogP contribution in [0.2, 0.25) is 0 Å². The van der Waals surface area contributed by atoms with E-state index in [-0.39, 0.29) is 0 Å². The quantitative estimate of drug-likeness (QED) is 0.835. The van der Waals surface area contributed by atoms with Gasteiger partial charge in [-0.2, -0.15) is 0 Å². The number of ether oxygens (including phenoxy) is 1. The Morgan fingerprint density at radius 3 is 2.76 bits per heavy atom. The Bertz CT molecular complexity index is 395. The van der Waals surface area contributed by atoms with Crippen molar-refractivity contribution in [3.8, 4) is 0 Å². The van der Waals surface area contributed by atoms with Gasteiger partial charge in [-0.1, -0.05) is 44.2 Å². The number of nitrogens with zero attached hydrogens (tertiary/aromatic N) is 1. The standard InChI is InChI=1S/C18H30N2O/c1-4-18-11-19-17(10-16-8-6-5-7-9-16)13-20(18)12-15(2)14-21-3/h5-9,15,17-19H,4,10-14H2,1-3H3. The maximum Gasteiger partial charge on any atom is 0.0500 e. The zero-order chi connectivity index (χ0) is 15.1. The van der Waals surface area contributed by atoms with Crippen molar-refractivity contribution in [3.05, 3.63) is 35.9 Å². The van der Waals surface area contributed by atoms with Crippen LogP contribution < -0.4 is 5.32 Å². The van der Waals surface area contributed by atoms with Gasteiger partial charge in [-0.25, -0.2) is 0 Å². The van der Waals surface area contributed by atoms with Crippen LogP contribution in [-0.4, -0.2) is 50.3 Å². The van der Waals surface area contributed by atoms with Crippen molar-refractivity contribution >= 4 is 0 Å². The minimum absolute atomic E-state index is 0.560. The minimum Gasteiger partial charge on any atom is -0.384 e. The molecule has 0 radical (unpaired) electrons. The Labute approximate surface area is 129 Å². The number of nitrogens with one attached hydrogen (secondary N) is 1. The van der Waals surface area contributed by atoms with Crippen LogP contribution in [0.15, 0.2) is 30.3 Å². The van der Waals surface area contributed by atoms with Crippen molar-refractivity contribution < 1.29 is 4.74 Å². The molecule has 2 rings (SSSR count). The van der Waals surface area contributed by atoms with Gasteiger partial charge >= 0.3 is 0 Å². The molecule has 1 saturated heterocycles. The van der Waals surface area contributed by atoms with Gasteiger partial charge in [0.2, 0.25) is 0 Å². The summed E-state index contributed by atoms with van der Waals surface area (Å²) in [4.78, 5) is 2.66. The highest BCUT2D eigenvalue weighted by molar-refractivity contribution is 5.16. The maximum absolute atomic E-state index is 5.29. The first-order chi connectivity index (χ1) is 10.2. The molecule has 0 saturated carbocycles. The van der Waals surface area contributed by atoms with E-state index in [1.807, 2.05) is 0 Å². The van der Waals surface area contributed by atoms with Gasteiger partial charge in [-0.05, 0) is 24.3 Å². The smallest absolute Gasteiger partial charge is 0.0500 e. The van der Waals surface area contributed by atoms with Gasteiger partial charge in [0.1, 0.15) is 0 Å². The molecule has 21 heavy (non-hydrogen) atoms. The predicted molar refractivity (Wildman–Crippen MR) is 88.6 cm³/mol. The third kappa shape index (κ3) is 5.10. The van der Waals surface area contributed by atoms with Gasteiger partial charge in [0, 0.05) is 45.4 Å². The fourth-order valence-corrected chi connectivity index (χ4v) is 3.33. The van der Waals surface area contributed by atoms with E-state index in [4.69, 9.17) is 4.74 Å². The van der Waals surface area contributed by atoms with Crippen LogP contribution in [0.4, 0.5) is 0 Å². The van der Waals surface area contributed by atoms with Crippen molar-refractivity contribution in [2.45, 2.75) is 38.8 Å². The molecule has 1 fully saturated rings. The monoisotopic (exact) mass is 290 g/mol. The van der Waals surface area contributed by atoms with E-state index < -0.39 is 0 Å². The summed E-state index contributed by atoms with van der Waals surface area (Å²) in [6, 6.07) is 12.0. The summed E-state index contributed by atoms with van der Waals surface area (Å²) in [5.74, 6) is 0.597. The summed E-state index contributed by atoms with van der Waals surface area (Å²) >= 11 is 0. The fourth-order valence-electron chi connectivity index (χ4n) is 3.33. The normalized spacial score (nSPS) is 24.9. The van der Waals surface area contributed by atoms with E-state index in [1.165, 1.54) is 12.0 Å². The van der Waals surface area contributed by atoms with Gasteiger partial charge < -0.3 is 10.1 Å². The number of rotatable bonds is 7. The Morgan fingerprint density at radius 1 is 1.33 bits per heavy atom. The summed E-state index contributed by atoms with van der Waals surface area (Å²) in [6.07, 6.45) is 2.33. The van der Waals surface area contributed by atoms with E-state index in [0.717, 1.165) is 32.7 Å². The average Bonchev–Trinajstić information content (AvgIpc) is 2.49. The second-order valence-electron chi connectivity index (χ2n) is 6.37. The zero-order valence-corrected chi connectivity index (χ0v) is 13.7. The van der Waals surface area contributed by atoms with Gasteiger partial charge in [0.15, 0.2) is 0 Å². The number of hydrogen-bond acceptors (Lipinski definition) is 3. The second-order valence-corrected chi connectivity index (χ2v) is 6.37. The van der Waals surface area contributed by atoms with Crippen LogP contribution >= 0.6 is 0 Å². The Balaban J connectivity index is 1.91. The van der Waals surface area contributed by atoms with Crippen molar-refractivity contribution in [2.24, 2.45) is 5.92 Å². The molecule has 118 valence electrons. The van der Waals surface area contributed by atoms with Crippen LogP contribution in [0.3, 0.4) is 0 Å². The highest BCUT2D eigenvalue weighted by Crippen LogP contribution is 2.15. The molecule has 1 aromatic rings. The second kappa shape index (κ2) is 8.52. The molecule has 1 N–H and O–H groups in total. The first kappa shape index (κ1) is 16.5. The summed E-state index contributed by atoms with van der Waals surface area (Å²) in [5.41, 5.74) is 1.43. The van der Waals surface area contributed by atoms with Crippen molar-refractivity contribution in [3.63, 3.8) is 0 Å². The van der Waals surface area contributed by atoms with Crippen LogP contribution in [-0.2, 0) is 11.2 Å². The van der Waals surface area contributed by atoms with Gasteiger partial charge in [-0.15, -0.1) is 0 Å². The van der Waals surface area contributed by atoms with E-state index in [1.54, 1.807) is 7.11 Å². The third-order valence-electron chi connectivity index (χ3n) is 4.41. The number of methoxy groups -OCH3 is 1. The SMILES string of the molecule is CCC1CNC(Cc2ccccc2)CN1CC(C)COC. The molecule has 3 nitrogen and oxygen atoms in total. The molecule has 1 aromatic carbocycles. The molecule has 0 bridgehead atoms. The van der Waals surface area contributed by atoms with Crippen LogP contribution in [0, 0.1) is 5.92 Å². The van der Waals surface area contributed by atoms with Crippen molar-refractivity contribution in [2.75, 3.05) is 33.4 Å². The molecule has 3 heteroatoms. The Hall–Kier alpha value is -0.900. The lowest BCUT2D eigenvalue weighted by molar-refractivity contribution is 0.0793. The summed E-state index contributed by atoms with van der Waals surface area (Å²) in [7, 11) is 1.80. The summed E-state index contributed by atoms with van der Waals surface area (Å²) in [6.45, 7) is 8.81. The average molecular weight is 290 g/mol. The number of piperazine rings is 1. The molecular formula is C18H30N2O. The van der Waals surface area contributed by atoms with Crippen molar-refractivity contribution in [1.82, 2.24) is 10.2 Å². The lowest BCUT2D eigenvalue weighted by atomic mass is 9.99. The molecular weight excluding hydrogens is 260 g/mol. The molecule has 1 heterocycles. The van der Waals surface area contributed by atoms with Gasteiger partial charge in [0.05, 0.1) is 0 Å². The van der Waals surface area contributed by atoms with Gasteiger partial charge in [0.25, 0.3) is 0 Å². The lowest BCUT2D eigenvalue weighted by Crippen LogP contribution is -2.57. The lowest BCUT2D eigenvalue weighted by Gasteiger charge is -2.41. The predicted octanol–water partition coefficient (Wildman–Crippen LogP) is 2.56. The zero-order valence-electron chi connectivity index (χ0n) is 13.7. The van der Waals surface area contributed by atoms with Crippen molar-refractivity contribution in [1.29, 1.82) is 0 Å². The minimum atomic E-state index is 0.560. The van der Waals surface area contributed by atoms with Gasteiger partial charge in [-0.3, -0.25) is 4.90 Å². The fraction of sp³-hybridized carbons (Fsp3) is 0.667. The number of hydrogen-bond donors (Lipinski definition) is 1. The molecule has 3 atom stereocenters.